The van der Waals surface area contributed by atoms with E-state index < -0.39 is 0 Å². The number of nitrogens with one attached hydrogen (secondary N) is 2. The molecule has 2 aromatic carbocycles. The Morgan fingerprint density at radius 2 is 1.74 bits per heavy atom. The van der Waals surface area contributed by atoms with Crippen LogP contribution in [0.2, 0.25) is 0 Å². The molecule has 0 aliphatic heterocycles. The van der Waals surface area contributed by atoms with Crippen molar-refractivity contribution in [2.75, 3.05) is 25.1 Å². The smallest absolute Gasteiger partial charge is 0.262 e. The van der Waals surface area contributed by atoms with Crippen LogP contribution in [0.4, 0.5) is 5.69 Å². The highest BCUT2D eigenvalue weighted by atomic mass is 16.5. The molecule has 5 nitrogen and oxygen atoms in total. The maximum absolute atomic E-state index is 12.0. The summed E-state index contributed by atoms with van der Waals surface area (Å²) in [4.78, 5) is 12.0. The number of aryl methyl sites for hydroxylation is 1. The SMILES string of the molecule is Cc1ccc(NC(=O)COc2ccc(CNCCCOC(C)C)cc2)cc1. The van der Waals surface area contributed by atoms with E-state index in [1.807, 2.05) is 69.3 Å². The van der Waals surface area contributed by atoms with E-state index in [2.05, 4.69) is 10.6 Å². The second-order valence-electron chi connectivity index (χ2n) is 6.80. The van der Waals surface area contributed by atoms with Crippen LogP contribution in [0.1, 0.15) is 31.4 Å². The van der Waals surface area contributed by atoms with Gasteiger partial charge in [-0.05, 0) is 63.6 Å². The molecule has 0 aliphatic carbocycles. The lowest BCUT2D eigenvalue weighted by Crippen LogP contribution is -2.20. The fourth-order valence-electron chi connectivity index (χ4n) is 2.44. The largest absolute Gasteiger partial charge is 0.484 e. The number of carbonyl (C=O) groups excluding carboxylic acids is 1. The summed E-state index contributed by atoms with van der Waals surface area (Å²) in [5.74, 6) is 0.511. The lowest BCUT2D eigenvalue weighted by atomic mass is 10.2. The van der Waals surface area contributed by atoms with Gasteiger partial charge in [0.25, 0.3) is 5.91 Å². The molecule has 2 N–H and O–H groups in total. The molecule has 2 rings (SSSR count). The second-order valence-corrected chi connectivity index (χ2v) is 6.80. The highest BCUT2D eigenvalue weighted by Gasteiger charge is 2.04. The first-order chi connectivity index (χ1) is 13.0. The zero-order valence-corrected chi connectivity index (χ0v) is 16.5. The van der Waals surface area contributed by atoms with Crippen molar-refractivity contribution in [3.8, 4) is 5.75 Å². The van der Waals surface area contributed by atoms with Gasteiger partial charge in [0, 0.05) is 18.8 Å². The second kappa shape index (κ2) is 11.4. The Morgan fingerprint density at radius 1 is 1.04 bits per heavy atom. The van der Waals surface area contributed by atoms with Gasteiger partial charge in [0.15, 0.2) is 6.61 Å². The van der Waals surface area contributed by atoms with Crippen LogP contribution in [-0.2, 0) is 16.1 Å². The van der Waals surface area contributed by atoms with Crippen LogP contribution in [0, 0.1) is 6.92 Å². The van der Waals surface area contributed by atoms with Gasteiger partial charge in [-0.15, -0.1) is 0 Å². The summed E-state index contributed by atoms with van der Waals surface area (Å²) in [6, 6.07) is 15.5. The van der Waals surface area contributed by atoms with Crippen molar-refractivity contribution in [2.45, 2.75) is 39.8 Å². The van der Waals surface area contributed by atoms with Crippen LogP contribution in [0.3, 0.4) is 0 Å². The third-order valence-electron chi connectivity index (χ3n) is 3.91. The van der Waals surface area contributed by atoms with Gasteiger partial charge in [-0.25, -0.2) is 0 Å². The third kappa shape index (κ3) is 8.71. The Labute approximate surface area is 162 Å². The zero-order valence-electron chi connectivity index (χ0n) is 16.5. The summed E-state index contributed by atoms with van der Waals surface area (Å²) in [6.07, 6.45) is 1.28. The molecule has 0 atom stereocenters. The number of amides is 1. The average molecular weight is 370 g/mol. The Hall–Kier alpha value is -2.37. The summed E-state index contributed by atoms with van der Waals surface area (Å²) in [7, 11) is 0. The number of rotatable bonds is 11. The van der Waals surface area contributed by atoms with E-state index in [1.165, 1.54) is 5.56 Å². The third-order valence-corrected chi connectivity index (χ3v) is 3.91. The lowest BCUT2D eigenvalue weighted by Gasteiger charge is -2.10. The molecule has 0 aromatic heterocycles. The van der Waals surface area contributed by atoms with Crippen molar-refractivity contribution in [1.82, 2.24) is 5.32 Å². The first-order valence-electron chi connectivity index (χ1n) is 9.43. The molecule has 0 bridgehead atoms. The standard InChI is InChI=1S/C22H30N2O3/c1-17(2)26-14-4-13-23-15-19-7-11-21(12-8-19)27-16-22(25)24-20-9-5-18(3)6-10-20/h5-12,17,23H,4,13-16H2,1-3H3,(H,24,25). The van der Waals surface area contributed by atoms with E-state index in [9.17, 15) is 4.79 Å². The van der Waals surface area contributed by atoms with Gasteiger partial charge in [0.05, 0.1) is 6.10 Å². The van der Waals surface area contributed by atoms with E-state index in [4.69, 9.17) is 9.47 Å². The van der Waals surface area contributed by atoms with Crippen molar-refractivity contribution >= 4 is 11.6 Å². The maximum atomic E-state index is 12.0. The van der Waals surface area contributed by atoms with Gasteiger partial charge in [-0.1, -0.05) is 29.8 Å². The minimum absolute atomic E-state index is 0.0126. The van der Waals surface area contributed by atoms with E-state index in [0.29, 0.717) is 5.75 Å². The van der Waals surface area contributed by atoms with Gasteiger partial charge in [0.1, 0.15) is 5.75 Å². The molecule has 0 saturated heterocycles. The number of hydrogen-bond acceptors (Lipinski definition) is 4. The fraction of sp³-hybridized carbons (Fsp3) is 0.409. The minimum Gasteiger partial charge on any atom is -0.484 e. The Kier molecular flexibility index (Phi) is 8.81. The molecule has 0 saturated carbocycles. The predicted molar refractivity (Wildman–Crippen MR) is 109 cm³/mol. The van der Waals surface area contributed by atoms with Crippen molar-refractivity contribution in [1.29, 1.82) is 0 Å². The lowest BCUT2D eigenvalue weighted by molar-refractivity contribution is -0.118. The monoisotopic (exact) mass is 370 g/mol. The molecule has 27 heavy (non-hydrogen) atoms. The summed E-state index contributed by atoms with van der Waals surface area (Å²) < 4.78 is 11.1. The molecule has 0 aliphatic rings. The van der Waals surface area contributed by atoms with E-state index >= 15 is 0 Å². The van der Waals surface area contributed by atoms with Crippen molar-refractivity contribution in [3.63, 3.8) is 0 Å². The summed E-state index contributed by atoms with van der Waals surface area (Å²) in [5.41, 5.74) is 3.10. The van der Waals surface area contributed by atoms with Crippen molar-refractivity contribution in [2.24, 2.45) is 0 Å². The quantitative estimate of drug-likeness (QED) is 0.589. The number of benzene rings is 2. The number of ether oxygens (including phenoxy) is 2. The maximum Gasteiger partial charge on any atom is 0.262 e. The van der Waals surface area contributed by atoms with Crippen LogP contribution < -0.4 is 15.4 Å². The first-order valence-corrected chi connectivity index (χ1v) is 9.43. The average Bonchev–Trinajstić information content (AvgIpc) is 2.65. The van der Waals surface area contributed by atoms with Gasteiger partial charge in [-0.2, -0.15) is 0 Å². The highest BCUT2D eigenvalue weighted by molar-refractivity contribution is 5.91. The molecule has 0 heterocycles. The van der Waals surface area contributed by atoms with Crippen LogP contribution in [0.25, 0.3) is 0 Å². The molecule has 2 aromatic rings. The van der Waals surface area contributed by atoms with E-state index in [1.54, 1.807) is 0 Å². The van der Waals surface area contributed by atoms with Crippen molar-refractivity contribution in [3.05, 3.63) is 59.7 Å². The first kappa shape index (κ1) is 20.9. The highest BCUT2D eigenvalue weighted by Crippen LogP contribution is 2.13. The molecule has 0 radical (unpaired) electrons. The zero-order chi connectivity index (χ0) is 19.5. The Bertz CT molecular complexity index is 682. The minimum atomic E-state index is -0.173. The fourth-order valence-corrected chi connectivity index (χ4v) is 2.44. The molecule has 0 unspecified atom stereocenters. The molecule has 146 valence electrons. The molecule has 0 fully saturated rings. The molecule has 1 amide bonds. The van der Waals surface area contributed by atoms with Crippen LogP contribution in [0.15, 0.2) is 48.5 Å². The molecular formula is C22H30N2O3. The number of carbonyl (C=O) groups is 1. The van der Waals surface area contributed by atoms with Gasteiger partial charge in [0.2, 0.25) is 0 Å². The van der Waals surface area contributed by atoms with Crippen LogP contribution >= 0.6 is 0 Å². The Morgan fingerprint density at radius 3 is 2.41 bits per heavy atom. The number of hydrogen-bond donors (Lipinski definition) is 2. The van der Waals surface area contributed by atoms with Gasteiger partial charge >= 0.3 is 0 Å². The normalized spacial score (nSPS) is 10.8. The van der Waals surface area contributed by atoms with Crippen LogP contribution in [0.5, 0.6) is 5.75 Å². The summed E-state index contributed by atoms with van der Waals surface area (Å²) >= 11 is 0. The molecular weight excluding hydrogens is 340 g/mol. The number of anilines is 1. The van der Waals surface area contributed by atoms with Gasteiger partial charge in [-0.3, -0.25) is 4.79 Å². The summed E-state index contributed by atoms with van der Waals surface area (Å²) in [5, 5.41) is 6.21. The van der Waals surface area contributed by atoms with Gasteiger partial charge < -0.3 is 20.1 Å². The Balaban J connectivity index is 1.64. The van der Waals surface area contributed by atoms with Crippen molar-refractivity contribution < 1.29 is 14.3 Å². The van der Waals surface area contributed by atoms with Crippen LogP contribution in [-0.4, -0.2) is 31.8 Å². The summed E-state index contributed by atoms with van der Waals surface area (Å²) in [6.45, 7) is 8.59. The topological polar surface area (TPSA) is 59.6 Å². The molecule has 0 spiro atoms. The van der Waals surface area contributed by atoms with E-state index in [0.717, 1.165) is 37.4 Å². The molecule has 5 heteroatoms. The van der Waals surface area contributed by atoms with E-state index in [-0.39, 0.29) is 18.6 Å². The predicted octanol–water partition coefficient (Wildman–Crippen LogP) is 3.92.